The highest BCUT2D eigenvalue weighted by atomic mass is 19.1. The molecule has 0 saturated carbocycles. The molecule has 4 rings (SSSR count). The van der Waals surface area contributed by atoms with Gasteiger partial charge in [-0.15, -0.1) is 0 Å². The van der Waals surface area contributed by atoms with Crippen LogP contribution in [0.3, 0.4) is 0 Å². The smallest absolute Gasteiger partial charge is 0.251 e. The van der Waals surface area contributed by atoms with E-state index in [0.29, 0.717) is 18.9 Å². The SMILES string of the molecule is [B]C([B])(F)C([B])([B])Oc1cn(-c2ccc(C3CCOCC3)cc2F)nc(C(C=CN)=NC2=CCCC=C2)c1=O. The molecule has 2 N–H and O–H groups in total. The van der Waals surface area contributed by atoms with Gasteiger partial charge in [0.2, 0.25) is 0 Å². The van der Waals surface area contributed by atoms with Gasteiger partial charge in [-0.2, -0.15) is 5.10 Å². The van der Waals surface area contributed by atoms with Crippen molar-refractivity contribution in [1.82, 2.24) is 9.78 Å². The minimum absolute atomic E-state index is 0.0311. The molecule has 7 nitrogen and oxygen atoms in total. The van der Waals surface area contributed by atoms with Gasteiger partial charge in [0.15, 0.2) is 11.4 Å². The molecule has 0 unspecified atom stereocenters. The lowest BCUT2D eigenvalue weighted by atomic mass is 9.43. The first-order valence-electron chi connectivity index (χ1n) is 12.4. The molecular weight excluding hydrogens is 498 g/mol. The summed E-state index contributed by atoms with van der Waals surface area (Å²) in [4.78, 5) is 17.9. The van der Waals surface area contributed by atoms with E-state index in [4.69, 9.17) is 46.6 Å². The number of halogens is 2. The Kier molecular flexibility index (Phi) is 8.69. The molecule has 2 heterocycles. The van der Waals surface area contributed by atoms with Gasteiger partial charge in [-0.05, 0) is 67.6 Å². The summed E-state index contributed by atoms with van der Waals surface area (Å²) < 4.78 is 41.5. The first-order chi connectivity index (χ1) is 18.5. The van der Waals surface area contributed by atoms with Crippen LogP contribution in [-0.2, 0) is 4.74 Å². The minimum atomic E-state index is -3.24. The molecule has 1 aromatic carbocycles. The Morgan fingerprint density at radius 1 is 1.23 bits per heavy atom. The van der Waals surface area contributed by atoms with Crippen LogP contribution in [-0.4, -0.2) is 71.0 Å². The van der Waals surface area contributed by atoms with E-state index in [9.17, 15) is 9.18 Å². The molecule has 1 aliphatic carbocycles. The van der Waals surface area contributed by atoms with Crippen LogP contribution in [0.1, 0.15) is 42.9 Å². The van der Waals surface area contributed by atoms with Crippen LogP contribution < -0.4 is 15.9 Å². The quantitative estimate of drug-likeness (QED) is 0.424. The molecule has 1 saturated heterocycles. The Labute approximate surface area is 230 Å². The number of hydrogen-bond acceptors (Lipinski definition) is 6. The summed E-state index contributed by atoms with van der Waals surface area (Å²) in [7, 11) is 21.7. The third-order valence-electron chi connectivity index (χ3n) is 6.40. The maximum atomic E-state index is 15.5. The fourth-order valence-corrected chi connectivity index (χ4v) is 4.17. The van der Waals surface area contributed by atoms with Gasteiger partial charge in [-0.3, -0.25) is 9.18 Å². The van der Waals surface area contributed by atoms with Gasteiger partial charge < -0.3 is 15.2 Å². The zero-order valence-corrected chi connectivity index (χ0v) is 21.2. The van der Waals surface area contributed by atoms with Crippen molar-refractivity contribution in [2.75, 3.05) is 13.2 Å². The largest absolute Gasteiger partial charge is 0.500 e. The summed E-state index contributed by atoms with van der Waals surface area (Å²) in [6, 6.07) is 4.68. The van der Waals surface area contributed by atoms with Crippen molar-refractivity contribution in [2.24, 2.45) is 10.7 Å². The molecule has 0 spiro atoms. The molecule has 39 heavy (non-hydrogen) atoms. The second kappa shape index (κ2) is 11.8. The Bertz CT molecular complexity index is 1390. The van der Waals surface area contributed by atoms with E-state index in [1.54, 1.807) is 12.1 Å². The van der Waals surface area contributed by atoms with Crippen molar-refractivity contribution in [3.05, 3.63) is 87.9 Å². The molecule has 1 aromatic heterocycles. The lowest BCUT2D eigenvalue weighted by molar-refractivity contribution is 0.0853. The van der Waals surface area contributed by atoms with E-state index in [2.05, 4.69) is 10.1 Å². The number of nitrogens with two attached hydrogens (primary N) is 1. The van der Waals surface area contributed by atoms with Crippen LogP contribution in [0.25, 0.3) is 5.69 Å². The molecule has 8 radical (unpaired) electrons. The standard InChI is InChI=1S/C26H24B4F2N4O3/c27-25(28,32)26(29,30)39-22-15-36(21-7-6-17(14-19(21)31)16-9-12-38-13-10-16)35-23(24(22)37)20(8-11-33)34-18-4-2-1-3-5-18/h2,4-8,11,14-16H,1,3,9-10,12-13,33H2. The van der Waals surface area contributed by atoms with Crippen LogP contribution in [0.2, 0.25) is 0 Å². The number of aliphatic imine (C=N–C) groups is 1. The van der Waals surface area contributed by atoms with Crippen molar-refractivity contribution in [3.8, 4) is 11.4 Å². The Balaban J connectivity index is 1.86. The van der Waals surface area contributed by atoms with Crippen LogP contribution in [0, 0.1) is 5.82 Å². The van der Waals surface area contributed by atoms with E-state index in [1.165, 1.54) is 18.2 Å². The second-order valence-electron chi connectivity index (χ2n) is 9.34. The van der Waals surface area contributed by atoms with Gasteiger partial charge in [0.05, 0.1) is 23.1 Å². The third kappa shape index (κ3) is 6.64. The average molecular weight is 522 g/mol. The van der Waals surface area contributed by atoms with Crippen LogP contribution in [0.15, 0.2) is 70.4 Å². The average Bonchev–Trinajstić information content (AvgIpc) is 2.90. The number of aromatic nitrogens is 2. The van der Waals surface area contributed by atoms with Gasteiger partial charge in [-0.1, -0.05) is 18.2 Å². The number of ether oxygens (including phenoxy) is 2. The lowest BCUT2D eigenvalue weighted by Gasteiger charge is -2.38. The van der Waals surface area contributed by atoms with Crippen molar-refractivity contribution in [2.45, 2.75) is 42.5 Å². The molecule has 1 fully saturated rings. The highest BCUT2D eigenvalue weighted by molar-refractivity contribution is 6.53. The summed E-state index contributed by atoms with van der Waals surface area (Å²) in [6.07, 6.45) is 12.2. The van der Waals surface area contributed by atoms with Crippen molar-refractivity contribution >= 4 is 37.1 Å². The predicted octanol–water partition coefficient (Wildman–Crippen LogP) is 2.09. The van der Waals surface area contributed by atoms with Gasteiger partial charge in [-0.25, -0.2) is 14.1 Å². The second-order valence-corrected chi connectivity index (χ2v) is 9.34. The lowest BCUT2D eigenvalue weighted by Crippen LogP contribution is -2.58. The van der Waals surface area contributed by atoms with E-state index in [0.717, 1.165) is 48.3 Å². The van der Waals surface area contributed by atoms with Crippen LogP contribution >= 0.6 is 0 Å². The Morgan fingerprint density at radius 3 is 2.59 bits per heavy atom. The number of nitrogens with zero attached hydrogens (tertiary/aromatic N) is 3. The molecule has 13 heteroatoms. The highest BCUT2D eigenvalue weighted by Crippen LogP contribution is 2.29. The number of allylic oxidation sites excluding steroid dienone is 4. The van der Waals surface area contributed by atoms with Gasteiger partial charge in [0.25, 0.3) is 5.43 Å². The molecular formula is C26H24B4F2N4O3. The Hall–Kier alpha value is -3.33. The van der Waals surface area contributed by atoms with Crippen molar-refractivity contribution in [1.29, 1.82) is 0 Å². The monoisotopic (exact) mass is 522 g/mol. The fraction of sp³-hybridized carbons (Fsp3) is 0.346. The summed E-state index contributed by atoms with van der Waals surface area (Å²) in [6.45, 7) is 1.19. The number of benzene rings is 1. The molecule has 1 aliphatic heterocycles. The van der Waals surface area contributed by atoms with Crippen LogP contribution in [0.5, 0.6) is 5.75 Å². The highest BCUT2D eigenvalue weighted by Gasteiger charge is 2.38. The number of rotatable bonds is 8. The summed E-state index contributed by atoms with van der Waals surface area (Å²) in [5.74, 6) is -1.07. The molecule has 192 valence electrons. The normalized spacial score (nSPS) is 17.4. The summed E-state index contributed by atoms with van der Waals surface area (Å²) in [5.41, 5.74) is 2.56. The minimum Gasteiger partial charge on any atom is -0.500 e. The van der Waals surface area contributed by atoms with Crippen molar-refractivity contribution in [3.63, 3.8) is 0 Å². The van der Waals surface area contributed by atoms with E-state index in [-0.39, 0.29) is 23.0 Å². The zero-order chi connectivity index (χ0) is 28.2. The van der Waals surface area contributed by atoms with E-state index >= 15 is 4.39 Å². The molecule has 0 atom stereocenters. The maximum absolute atomic E-state index is 15.5. The Morgan fingerprint density at radius 2 is 1.97 bits per heavy atom. The number of hydrogen-bond donors (Lipinski definition) is 1. The molecule has 2 aliphatic rings. The van der Waals surface area contributed by atoms with Gasteiger partial charge >= 0.3 is 0 Å². The fourth-order valence-electron chi connectivity index (χ4n) is 4.17. The van der Waals surface area contributed by atoms with Crippen LogP contribution in [0.4, 0.5) is 8.78 Å². The number of alkyl halides is 1. The molecule has 0 bridgehead atoms. The first-order valence-corrected chi connectivity index (χ1v) is 12.4. The van der Waals surface area contributed by atoms with Gasteiger partial charge in [0, 0.05) is 18.6 Å². The molecule has 2 aromatic rings. The predicted molar refractivity (Wildman–Crippen MR) is 149 cm³/mol. The zero-order valence-electron chi connectivity index (χ0n) is 21.2. The third-order valence-corrected chi connectivity index (χ3v) is 6.40. The summed E-state index contributed by atoms with van der Waals surface area (Å²) in [5, 5.41) is 1.49. The first kappa shape index (κ1) is 28.7. The van der Waals surface area contributed by atoms with E-state index in [1.807, 2.05) is 12.2 Å². The molecule has 0 amide bonds. The summed E-state index contributed by atoms with van der Waals surface area (Å²) >= 11 is 0. The topological polar surface area (TPSA) is 91.7 Å². The van der Waals surface area contributed by atoms with Gasteiger partial charge in [0.1, 0.15) is 42.9 Å². The van der Waals surface area contributed by atoms with E-state index < -0.39 is 27.9 Å². The maximum Gasteiger partial charge on any atom is 0.251 e. The van der Waals surface area contributed by atoms with Crippen molar-refractivity contribution < 1.29 is 18.3 Å².